The Morgan fingerprint density at radius 2 is 1.94 bits per heavy atom. The molecular formula is C24H19N7O2. The molecule has 0 N–H and O–H groups in total. The van der Waals surface area contributed by atoms with Crippen molar-refractivity contribution in [1.82, 2.24) is 34.5 Å². The first-order valence-corrected chi connectivity index (χ1v) is 10.4. The van der Waals surface area contributed by atoms with Gasteiger partial charge in [0.25, 0.3) is 0 Å². The van der Waals surface area contributed by atoms with Crippen LogP contribution in [0.25, 0.3) is 34.3 Å². The molecule has 1 aliphatic carbocycles. The van der Waals surface area contributed by atoms with E-state index in [-0.39, 0.29) is 0 Å². The molecule has 0 bridgehead atoms. The van der Waals surface area contributed by atoms with Crippen LogP contribution < -0.4 is 4.74 Å². The Bertz CT molecular complexity index is 1540. The topological polar surface area (TPSA) is 96.2 Å². The highest BCUT2D eigenvalue weighted by Crippen LogP contribution is 2.40. The van der Waals surface area contributed by atoms with E-state index in [1.54, 1.807) is 23.9 Å². The fourth-order valence-corrected chi connectivity index (χ4v) is 3.93. The summed E-state index contributed by atoms with van der Waals surface area (Å²) in [6.07, 6.45) is 9.74. The van der Waals surface area contributed by atoms with Crippen molar-refractivity contribution in [3.05, 3.63) is 83.9 Å². The molecule has 1 aliphatic rings. The molecule has 9 nitrogen and oxygen atoms in total. The molecule has 4 aromatic heterocycles. The third kappa shape index (κ3) is 3.13. The standard InChI is InChI=1S/C24H19N7O2/c1-15-13-18(29-33-15)22-26-27-24-21(32-2)19(17-9-6-10-17)20(28-31(22)24)23-25-11-12-30(23)14-16-7-4-3-5-8-16/h3-13H,14H2,1-2H3. The summed E-state index contributed by atoms with van der Waals surface area (Å²) in [5.41, 5.74) is 4.68. The molecule has 0 atom stereocenters. The molecular weight excluding hydrogens is 418 g/mol. The predicted molar refractivity (Wildman–Crippen MR) is 121 cm³/mol. The van der Waals surface area contributed by atoms with Crippen molar-refractivity contribution in [1.29, 1.82) is 0 Å². The Morgan fingerprint density at radius 3 is 2.64 bits per heavy atom. The number of imidazole rings is 1. The minimum atomic E-state index is 0.465. The number of hydrogen-bond acceptors (Lipinski definition) is 7. The summed E-state index contributed by atoms with van der Waals surface area (Å²) in [6.45, 7) is 2.48. The largest absolute Gasteiger partial charge is 0.492 e. The Labute approximate surface area is 188 Å². The van der Waals surface area contributed by atoms with E-state index in [2.05, 4.69) is 37.0 Å². The lowest BCUT2D eigenvalue weighted by atomic mass is 9.97. The molecule has 9 heteroatoms. The number of methoxy groups -OCH3 is 1. The second kappa shape index (κ2) is 7.56. The molecule has 162 valence electrons. The molecule has 0 saturated heterocycles. The van der Waals surface area contributed by atoms with E-state index in [0.29, 0.717) is 46.7 Å². The van der Waals surface area contributed by atoms with Crippen molar-refractivity contribution < 1.29 is 9.26 Å². The Kier molecular flexibility index (Phi) is 4.39. The summed E-state index contributed by atoms with van der Waals surface area (Å²) >= 11 is 0. The van der Waals surface area contributed by atoms with Crippen LogP contribution in [0.3, 0.4) is 0 Å². The second-order valence-corrected chi connectivity index (χ2v) is 7.68. The van der Waals surface area contributed by atoms with Gasteiger partial charge in [0.1, 0.15) is 11.5 Å². The summed E-state index contributed by atoms with van der Waals surface area (Å²) < 4.78 is 14.8. The van der Waals surface area contributed by atoms with Gasteiger partial charge in [0.15, 0.2) is 17.3 Å². The molecule has 4 heterocycles. The van der Waals surface area contributed by atoms with Crippen LogP contribution >= 0.6 is 0 Å². The van der Waals surface area contributed by atoms with E-state index < -0.39 is 0 Å². The van der Waals surface area contributed by atoms with Crippen LogP contribution in [0.2, 0.25) is 0 Å². The smallest absolute Gasteiger partial charge is 0.221 e. The van der Waals surface area contributed by atoms with Crippen LogP contribution in [-0.4, -0.2) is 41.6 Å². The maximum Gasteiger partial charge on any atom is 0.221 e. The molecule has 0 fully saturated rings. The number of allylic oxidation sites excluding steroid dienone is 4. The monoisotopic (exact) mass is 437 g/mol. The van der Waals surface area contributed by atoms with Gasteiger partial charge in [0.05, 0.1) is 12.7 Å². The van der Waals surface area contributed by atoms with Crippen molar-refractivity contribution in [2.24, 2.45) is 0 Å². The maximum absolute atomic E-state index is 5.85. The van der Waals surface area contributed by atoms with Crippen LogP contribution in [0.15, 0.2) is 71.5 Å². The van der Waals surface area contributed by atoms with Gasteiger partial charge in [-0.2, -0.15) is 9.61 Å². The summed E-state index contributed by atoms with van der Waals surface area (Å²) in [7, 11) is 1.62. The number of aryl methyl sites for hydroxylation is 1. The molecule has 1 aromatic carbocycles. The van der Waals surface area contributed by atoms with Crippen molar-refractivity contribution in [2.45, 2.75) is 13.5 Å². The molecule has 0 unspecified atom stereocenters. The lowest BCUT2D eigenvalue weighted by Gasteiger charge is -2.18. The van der Waals surface area contributed by atoms with Crippen molar-refractivity contribution in [3.63, 3.8) is 0 Å². The predicted octanol–water partition coefficient (Wildman–Crippen LogP) is 3.96. The normalized spacial score (nSPS) is 12.7. The fraction of sp³-hybridized carbons (Fsp3) is 0.125. The van der Waals surface area contributed by atoms with Crippen molar-refractivity contribution >= 4 is 11.2 Å². The van der Waals surface area contributed by atoms with E-state index in [4.69, 9.17) is 14.4 Å². The van der Waals surface area contributed by atoms with Crippen LogP contribution in [-0.2, 0) is 6.54 Å². The molecule has 0 saturated carbocycles. The number of aromatic nitrogens is 7. The first kappa shape index (κ1) is 19.2. The number of nitrogens with zero attached hydrogens (tertiary/aromatic N) is 7. The minimum absolute atomic E-state index is 0.465. The van der Waals surface area contributed by atoms with Gasteiger partial charge < -0.3 is 13.8 Å². The average Bonchev–Trinajstić information content (AvgIpc) is 3.52. The number of benzene rings is 1. The summed E-state index contributed by atoms with van der Waals surface area (Å²) in [6, 6.07) is 12.0. The van der Waals surface area contributed by atoms with Gasteiger partial charge in [-0.15, -0.1) is 10.2 Å². The highest BCUT2D eigenvalue weighted by atomic mass is 16.5. The van der Waals surface area contributed by atoms with E-state index >= 15 is 0 Å². The number of ether oxygens (including phenoxy) is 1. The van der Waals surface area contributed by atoms with Gasteiger partial charge in [-0.25, -0.2) is 4.98 Å². The Balaban J connectivity index is 1.59. The van der Waals surface area contributed by atoms with E-state index in [1.165, 1.54) is 0 Å². The average molecular weight is 437 g/mol. The van der Waals surface area contributed by atoms with Crippen LogP contribution in [0.1, 0.15) is 16.9 Å². The van der Waals surface area contributed by atoms with Crippen LogP contribution in [0.4, 0.5) is 0 Å². The lowest BCUT2D eigenvalue weighted by Crippen LogP contribution is -2.10. The molecule has 6 rings (SSSR count). The first-order chi connectivity index (χ1) is 16.2. The summed E-state index contributed by atoms with van der Waals surface area (Å²) in [5.74, 6) is 2.43. The Hall–Kier alpha value is -4.53. The van der Waals surface area contributed by atoms with Gasteiger partial charge in [0, 0.05) is 25.0 Å². The van der Waals surface area contributed by atoms with Gasteiger partial charge >= 0.3 is 0 Å². The quantitative estimate of drug-likeness (QED) is 0.397. The molecule has 0 amide bonds. The second-order valence-electron chi connectivity index (χ2n) is 7.68. The summed E-state index contributed by atoms with van der Waals surface area (Å²) in [5, 5.41) is 17.7. The highest BCUT2D eigenvalue weighted by molar-refractivity contribution is 5.92. The van der Waals surface area contributed by atoms with E-state index in [1.807, 2.05) is 49.5 Å². The van der Waals surface area contributed by atoms with Crippen molar-refractivity contribution in [3.8, 4) is 28.8 Å². The highest BCUT2D eigenvalue weighted by Gasteiger charge is 2.27. The van der Waals surface area contributed by atoms with Gasteiger partial charge in [-0.1, -0.05) is 53.7 Å². The zero-order chi connectivity index (χ0) is 22.4. The van der Waals surface area contributed by atoms with E-state index in [9.17, 15) is 0 Å². The number of rotatable bonds is 6. The molecule has 33 heavy (non-hydrogen) atoms. The zero-order valence-electron chi connectivity index (χ0n) is 18.0. The SMILES string of the molecule is COc1c(C2=CC=C2)c(-c2nccn2Cc2ccccc2)nn2c(-c3cc(C)on3)nnc12. The lowest BCUT2D eigenvalue weighted by molar-refractivity contribution is 0.399. The molecule has 0 aliphatic heterocycles. The molecule has 0 radical (unpaired) electrons. The minimum Gasteiger partial charge on any atom is -0.492 e. The molecule has 5 aromatic rings. The van der Waals surface area contributed by atoms with Crippen molar-refractivity contribution in [2.75, 3.05) is 7.11 Å². The van der Waals surface area contributed by atoms with E-state index in [0.717, 1.165) is 16.7 Å². The molecule has 0 spiro atoms. The number of fused-ring (bicyclic) bond motifs is 1. The van der Waals surface area contributed by atoms with Crippen LogP contribution in [0.5, 0.6) is 5.75 Å². The zero-order valence-corrected chi connectivity index (χ0v) is 18.0. The van der Waals surface area contributed by atoms with Gasteiger partial charge in [-0.05, 0) is 18.1 Å². The van der Waals surface area contributed by atoms with Gasteiger partial charge in [-0.3, -0.25) is 0 Å². The third-order valence-electron chi connectivity index (χ3n) is 5.53. The maximum atomic E-state index is 5.85. The van der Waals surface area contributed by atoms with Crippen LogP contribution in [0, 0.1) is 6.92 Å². The Morgan fingerprint density at radius 1 is 1.09 bits per heavy atom. The summed E-state index contributed by atoms with van der Waals surface area (Å²) in [4.78, 5) is 4.66. The number of hydrogen-bond donors (Lipinski definition) is 0. The fourth-order valence-electron chi connectivity index (χ4n) is 3.93. The first-order valence-electron chi connectivity index (χ1n) is 10.4. The van der Waals surface area contributed by atoms with Gasteiger partial charge in [0.2, 0.25) is 11.5 Å². The third-order valence-corrected chi connectivity index (χ3v) is 5.53.